The Balaban J connectivity index is 1.89. The molecule has 0 aliphatic rings. The van der Waals surface area contributed by atoms with Crippen LogP contribution in [0.4, 0.5) is 8.78 Å². The lowest BCUT2D eigenvalue weighted by atomic mass is 10.1. The number of hydrogen-bond acceptors (Lipinski definition) is 3. The molecule has 0 spiro atoms. The van der Waals surface area contributed by atoms with Crippen molar-refractivity contribution in [3.8, 4) is 5.75 Å². The van der Waals surface area contributed by atoms with E-state index in [4.69, 9.17) is 4.74 Å². The molecule has 2 aromatic rings. The van der Waals surface area contributed by atoms with Gasteiger partial charge in [-0.15, -0.1) is 0 Å². The Labute approximate surface area is 158 Å². The van der Waals surface area contributed by atoms with Crippen molar-refractivity contribution in [1.82, 2.24) is 10.6 Å². The van der Waals surface area contributed by atoms with E-state index in [2.05, 4.69) is 15.6 Å². The Morgan fingerprint density at radius 1 is 1.11 bits per heavy atom. The van der Waals surface area contributed by atoms with Crippen LogP contribution in [0.25, 0.3) is 0 Å². The van der Waals surface area contributed by atoms with Crippen molar-refractivity contribution in [3.63, 3.8) is 0 Å². The molecule has 0 aromatic heterocycles. The van der Waals surface area contributed by atoms with Crippen molar-refractivity contribution in [1.29, 1.82) is 0 Å². The first kappa shape index (κ1) is 20.6. The van der Waals surface area contributed by atoms with E-state index in [9.17, 15) is 13.9 Å². The lowest BCUT2D eigenvalue weighted by molar-refractivity contribution is 0.187. The van der Waals surface area contributed by atoms with Crippen LogP contribution in [0.2, 0.25) is 0 Å². The number of aliphatic hydroxyl groups excluding tert-OH is 1. The summed E-state index contributed by atoms with van der Waals surface area (Å²) in [5.74, 6) is -0.0660. The molecule has 5 nitrogen and oxygen atoms in total. The fourth-order valence-corrected chi connectivity index (χ4v) is 2.35. The van der Waals surface area contributed by atoms with Gasteiger partial charge in [0.05, 0.1) is 19.2 Å². The van der Waals surface area contributed by atoms with Crippen LogP contribution >= 0.6 is 0 Å². The number of aliphatic hydroxyl groups is 1. The Morgan fingerprint density at radius 3 is 2.48 bits per heavy atom. The van der Waals surface area contributed by atoms with Gasteiger partial charge in [0.15, 0.2) is 17.5 Å². The number of halogens is 2. The summed E-state index contributed by atoms with van der Waals surface area (Å²) in [6.07, 6.45) is -1.14. The Morgan fingerprint density at radius 2 is 1.81 bits per heavy atom. The van der Waals surface area contributed by atoms with E-state index in [1.165, 1.54) is 30.3 Å². The highest BCUT2D eigenvalue weighted by Gasteiger charge is 2.10. The molecule has 7 heteroatoms. The van der Waals surface area contributed by atoms with Crippen LogP contribution in [0.5, 0.6) is 5.75 Å². The fraction of sp³-hybridized carbons (Fsp3) is 0.350. The summed E-state index contributed by atoms with van der Waals surface area (Å²) < 4.78 is 32.2. The SMILES string of the molecule is CCNC(=NCC(O)c1ccc(F)cc1)NCC(C)Oc1ccccc1F. The van der Waals surface area contributed by atoms with Crippen molar-refractivity contribution >= 4 is 5.96 Å². The highest BCUT2D eigenvalue weighted by molar-refractivity contribution is 5.79. The van der Waals surface area contributed by atoms with Gasteiger partial charge in [-0.2, -0.15) is 0 Å². The van der Waals surface area contributed by atoms with Crippen molar-refractivity contribution in [3.05, 3.63) is 65.7 Å². The predicted octanol–water partition coefficient (Wildman–Crippen LogP) is 3.02. The summed E-state index contributed by atoms with van der Waals surface area (Å²) in [5.41, 5.74) is 0.590. The highest BCUT2D eigenvalue weighted by Crippen LogP contribution is 2.17. The first-order chi connectivity index (χ1) is 13.0. The van der Waals surface area contributed by atoms with E-state index in [1.54, 1.807) is 18.2 Å². The number of nitrogens with zero attached hydrogens (tertiary/aromatic N) is 1. The van der Waals surface area contributed by atoms with Gasteiger partial charge >= 0.3 is 0 Å². The van der Waals surface area contributed by atoms with Crippen LogP contribution < -0.4 is 15.4 Å². The first-order valence-electron chi connectivity index (χ1n) is 8.86. The zero-order chi connectivity index (χ0) is 19.6. The smallest absolute Gasteiger partial charge is 0.191 e. The Bertz CT molecular complexity index is 738. The summed E-state index contributed by atoms with van der Waals surface area (Å²) in [6, 6.07) is 11.9. The summed E-state index contributed by atoms with van der Waals surface area (Å²) >= 11 is 0. The summed E-state index contributed by atoms with van der Waals surface area (Å²) in [6.45, 7) is 4.89. The van der Waals surface area contributed by atoms with Gasteiger partial charge in [0.2, 0.25) is 0 Å². The molecule has 2 atom stereocenters. The second-order valence-electron chi connectivity index (χ2n) is 6.03. The maximum atomic E-state index is 13.6. The molecule has 0 saturated carbocycles. The second-order valence-corrected chi connectivity index (χ2v) is 6.03. The van der Waals surface area contributed by atoms with Crippen molar-refractivity contribution in [2.45, 2.75) is 26.1 Å². The van der Waals surface area contributed by atoms with Gasteiger partial charge in [-0.3, -0.25) is 4.99 Å². The van der Waals surface area contributed by atoms with Gasteiger partial charge in [0.1, 0.15) is 11.9 Å². The normalized spacial score (nSPS) is 13.7. The average molecular weight is 377 g/mol. The minimum absolute atomic E-state index is 0.115. The molecule has 0 heterocycles. The first-order valence-corrected chi connectivity index (χ1v) is 8.86. The topological polar surface area (TPSA) is 65.9 Å². The molecule has 0 bridgehead atoms. The van der Waals surface area contributed by atoms with E-state index in [-0.39, 0.29) is 24.2 Å². The number of rotatable bonds is 8. The van der Waals surface area contributed by atoms with E-state index in [0.29, 0.717) is 24.6 Å². The van der Waals surface area contributed by atoms with Gasteiger partial charge < -0.3 is 20.5 Å². The number of ether oxygens (including phenoxy) is 1. The van der Waals surface area contributed by atoms with Crippen LogP contribution in [0, 0.1) is 11.6 Å². The van der Waals surface area contributed by atoms with Gasteiger partial charge in [-0.05, 0) is 43.7 Å². The number of para-hydroxylation sites is 1. The number of benzene rings is 2. The monoisotopic (exact) mass is 377 g/mol. The zero-order valence-corrected chi connectivity index (χ0v) is 15.5. The number of guanidine groups is 1. The van der Waals surface area contributed by atoms with Crippen LogP contribution in [0.15, 0.2) is 53.5 Å². The average Bonchev–Trinajstić information content (AvgIpc) is 2.66. The van der Waals surface area contributed by atoms with Gasteiger partial charge in [0, 0.05) is 6.54 Å². The lowest BCUT2D eigenvalue weighted by Crippen LogP contribution is -2.42. The van der Waals surface area contributed by atoms with Crippen LogP contribution in [0.3, 0.4) is 0 Å². The number of hydrogen-bond donors (Lipinski definition) is 3. The van der Waals surface area contributed by atoms with Crippen LogP contribution in [-0.4, -0.2) is 36.8 Å². The van der Waals surface area contributed by atoms with Gasteiger partial charge in [-0.1, -0.05) is 24.3 Å². The van der Waals surface area contributed by atoms with E-state index < -0.39 is 11.9 Å². The molecule has 146 valence electrons. The maximum Gasteiger partial charge on any atom is 0.191 e. The largest absolute Gasteiger partial charge is 0.486 e. The molecule has 2 unspecified atom stereocenters. The summed E-state index contributed by atoms with van der Waals surface area (Å²) in [4.78, 5) is 4.33. The molecule has 0 radical (unpaired) electrons. The Kier molecular flexibility index (Phi) is 8.00. The molecule has 0 amide bonds. The molecule has 0 saturated heterocycles. The van der Waals surface area contributed by atoms with Gasteiger partial charge in [-0.25, -0.2) is 8.78 Å². The minimum Gasteiger partial charge on any atom is -0.486 e. The summed E-state index contributed by atoms with van der Waals surface area (Å²) in [7, 11) is 0. The predicted molar refractivity (Wildman–Crippen MR) is 102 cm³/mol. The van der Waals surface area contributed by atoms with E-state index in [1.807, 2.05) is 13.8 Å². The molecule has 3 N–H and O–H groups in total. The molecule has 0 fully saturated rings. The second kappa shape index (κ2) is 10.5. The molecule has 0 aliphatic heterocycles. The van der Waals surface area contributed by atoms with Crippen LogP contribution in [0.1, 0.15) is 25.5 Å². The third-order valence-electron chi connectivity index (χ3n) is 3.74. The number of aliphatic imine (C=N–C) groups is 1. The molecule has 2 aromatic carbocycles. The zero-order valence-electron chi connectivity index (χ0n) is 15.5. The highest BCUT2D eigenvalue weighted by atomic mass is 19.1. The van der Waals surface area contributed by atoms with E-state index >= 15 is 0 Å². The standard InChI is InChI=1S/C20H25F2N3O2/c1-3-23-20(25-13-18(26)15-8-10-16(21)11-9-15)24-12-14(2)27-19-7-5-4-6-17(19)22/h4-11,14,18,26H,3,12-13H2,1-2H3,(H2,23,24,25). The minimum atomic E-state index is -0.840. The van der Waals surface area contributed by atoms with Crippen molar-refractivity contribution in [2.75, 3.05) is 19.6 Å². The van der Waals surface area contributed by atoms with Crippen molar-refractivity contribution in [2.24, 2.45) is 4.99 Å². The Hall–Kier alpha value is -2.67. The number of nitrogens with one attached hydrogen (secondary N) is 2. The maximum absolute atomic E-state index is 13.6. The van der Waals surface area contributed by atoms with Gasteiger partial charge in [0.25, 0.3) is 0 Å². The van der Waals surface area contributed by atoms with Crippen LogP contribution in [-0.2, 0) is 0 Å². The molecule has 27 heavy (non-hydrogen) atoms. The molecular weight excluding hydrogens is 352 g/mol. The molecule has 2 rings (SSSR count). The van der Waals surface area contributed by atoms with Crippen molar-refractivity contribution < 1.29 is 18.6 Å². The third-order valence-corrected chi connectivity index (χ3v) is 3.74. The lowest BCUT2D eigenvalue weighted by Gasteiger charge is -2.18. The molecular formula is C20H25F2N3O2. The molecule has 0 aliphatic carbocycles. The fourth-order valence-electron chi connectivity index (χ4n) is 2.35. The quantitative estimate of drug-likeness (QED) is 0.489. The third kappa shape index (κ3) is 6.86. The van der Waals surface area contributed by atoms with E-state index in [0.717, 1.165) is 0 Å². The summed E-state index contributed by atoms with van der Waals surface area (Å²) in [5, 5.41) is 16.3.